The van der Waals surface area contributed by atoms with Gasteiger partial charge in [-0.25, -0.2) is 0 Å². The summed E-state index contributed by atoms with van der Waals surface area (Å²) in [5.41, 5.74) is 0.729. The molecule has 5 rings (SSSR count). The summed E-state index contributed by atoms with van der Waals surface area (Å²) in [4.78, 5) is 24.9. The van der Waals surface area contributed by atoms with Crippen LogP contribution in [0.25, 0.3) is 0 Å². The van der Waals surface area contributed by atoms with Crippen molar-refractivity contribution >= 4 is 27.8 Å². The van der Waals surface area contributed by atoms with E-state index in [1.807, 2.05) is 18.2 Å². The van der Waals surface area contributed by atoms with Crippen LogP contribution in [0.4, 0.5) is 0 Å². The predicted octanol–water partition coefficient (Wildman–Crippen LogP) is 4.22. The van der Waals surface area contributed by atoms with Crippen molar-refractivity contribution in [2.24, 2.45) is 23.2 Å². The fourth-order valence-corrected chi connectivity index (χ4v) is 6.48. The number of carbonyl (C=O) groups is 2. The fraction of sp³-hybridized carbons (Fsp3) is 0.636. The van der Waals surface area contributed by atoms with Gasteiger partial charge in [0.05, 0.1) is 18.0 Å². The number of nitrogens with one attached hydrogen (secondary N) is 1. The molecule has 1 N–H and O–H groups in total. The van der Waals surface area contributed by atoms with Crippen molar-refractivity contribution in [3.8, 4) is 5.75 Å². The Balaban J connectivity index is 1.21. The summed E-state index contributed by atoms with van der Waals surface area (Å²) in [7, 11) is 1.61. The van der Waals surface area contributed by atoms with Crippen molar-refractivity contribution in [3.05, 3.63) is 28.2 Å². The van der Waals surface area contributed by atoms with E-state index in [1.54, 1.807) is 7.11 Å². The highest BCUT2D eigenvalue weighted by molar-refractivity contribution is 9.10. The van der Waals surface area contributed by atoms with Crippen molar-refractivity contribution in [1.82, 2.24) is 5.32 Å². The normalized spacial score (nSPS) is 30.1. The van der Waals surface area contributed by atoms with Crippen LogP contribution in [0.3, 0.4) is 0 Å². The van der Waals surface area contributed by atoms with Crippen LogP contribution < -0.4 is 10.1 Å². The van der Waals surface area contributed by atoms with E-state index in [4.69, 9.17) is 9.47 Å². The first-order valence-corrected chi connectivity index (χ1v) is 11.0. The minimum absolute atomic E-state index is 0.159. The van der Waals surface area contributed by atoms with Gasteiger partial charge in [0.15, 0.2) is 0 Å². The first kappa shape index (κ1) is 19.7. The zero-order valence-electron chi connectivity index (χ0n) is 16.3. The molecule has 0 heterocycles. The van der Waals surface area contributed by atoms with Gasteiger partial charge in [-0.15, -0.1) is 0 Å². The van der Waals surface area contributed by atoms with Crippen LogP contribution in [-0.2, 0) is 20.9 Å². The number of amides is 1. The molecule has 28 heavy (non-hydrogen) atoms. The molecule has 152 valence electrons. The number of esters is 1. The van der Waals surface area contributed by atoms with Crippen LogP contribution in [0.5, 0.6) is 5.75 Å². The van der Waals surface area contributed by atoms with Crippen LogP contribution in [0.1, 0.15) is 50.5 Å². The summed E-state index contributed by atoms with van der Waals surface area (Å²) in [5.74, 6) is 2.83. The van der Waals surface area contributed by atoms with E-state index in [1.165, 1.54) is 19.3 Å². The lowest BCUT2D eigenvalue weighted by molar-refractivity contribution is -0.147. The predicted molar refractivity (Wildman–Crippen MR) is 109 cm³/mol. The third-order valence-corrected chi connectivity index (χ3v) is 7.37. The Kier molecular flexibility index (Phi) is 5.68. The van der Waals surface area contributed by atoms with Gasteiger partial charge in [-0.3, -0.25) is 9.59 Å². The number of hydrogen-bond donors (Lipinski definition) is 1. The van der Waals surface area contributed by atoms with E-state index in [-0.39, 0.29) is 30.3 Å². The van der Waals surface area contributed by atoms with Gasteiger partial charge in [0.25, 0.3) is 0 Å². The Bertz CT molecular complexity index is 728. The standard InChI is InChI=1S/C22H28BrNO4/c1-27-19-3-2-14(9-18(19)23)13-28-20(25)4-5-24-21(26)22-10-15-6-16(11-22)8-17(7-15)12-22/h2-3,9,15-17H,4-8,10-13H2,1H3,(H,24,26). The second kappa shape index (κ2) is 8.05. The van der Waals surface area contributed by atoms with E-state index in [0.717, 1.165) is 52.8 Å². The van der Waals surface area contributed by atoms with Gasteiger partial charge < -0.3 is 14.8 Å². The topological polar surface area (TPSA) is 64.6 Å². The second-order valence-corrected chi connectivity index (χ2v) is 9.69. The molecule has 0 radical (unpaired) electrons. The van der Waals surface area contributed by atoms with Gasteiger partial charge in [-0.2, -0.15) is 0 Å². The van der Waals surface area contributed by atoms with Crippen LogP contribution in [0, 0.1) is 23.2 Å². The summed E-state index contributed by atoms with van der Waals surface area (Å²) >= 11 is 3.42. The van der Waals surface area contributed by atoms with Crippen molar-refractivity contribution in [1.29, 1.82) is 0 Å². The van der Waals surface area contributed by atoms with Crippen molar-refractivity contribution in [2.75, 3.05) is 13.7 Å². The summed E-state index contributed by atoms with van der Waals surface area (Å²) in [5, 5.41) is 3.03. The summed E-state index contributed by atoms with van der Waals surface area (Å²) in [6.45, 7) is 0.566. The number of halogens is 1. The van der Waals surface area contributed by atoms with Crippen molar-refractivity contribution < 1.29 is 19.1 Å². The van der Waals surface area contributed by atoms with Gasteiger partial charge in [0.1, 0.15) is 12.4 Å². The minimum Gasteiger partial charge on any atom is -0.496 e. The lowest BCUT2D eigenvalue weighted by atomic mass is 9.49. The highest BCUT2D eigenvalue weighted by Gasteiger charge is 2.54. The molecule has 0 unspecified atom stereocenters. The zero-order chi connectivity index (χ0) is 19.7. The molecule has 4 aliphatic rings. The maximum absolute atomic E-state index is 12.9. The molecule has 0 aromatic heterocycles. The molecule has 0 aliphatic heterocycles. The molecule has 1 aromatic carbocycles. The Morgan fingerprint density at radius 2 is 1.79 bits per heavy atom. The highest BCUT2D eigenvalue weighted by atomic mass is 79.9. The highest BCUT2D eigenvalue weighted by Crippen LogP contribution is 2.60. The van der Waals surface area contributed by atoms with E-state index < -0.39 is 0 Å². The fourth-order valence-electron chi connectivity index (χ4n) is 5.89. The third-order valence-electron chi connectivity index (χ3n) is 6.75. The number of rotatable bonds is 7. The lowest BCUT2D eigenvalue weighted by Crippen LogP contribution is -2.53. The van der Waals surface area contributed by atoms with Gasteiger partial charge in [0.2, 0.25) is 5.91 Å². The van der Waals surface area contributed by atoms with Crippen LogP contribution in [0.2, 0.25) is 0 Å². The smallest absolute Gasteiger partial charge is 0.307 e. The lowest BCUT2D eigenvalue weighted by Gasteiger charge is -2.55. The second-order valence-electron chi connectivity index (χ2n) is 8.83. The molecule has 1 aromatic rings. The molecule has 0 spiro atoms. The first-order chi connectivity index (χ1) is 13.5. The Morgan fingerprint density at radius 3 is 2.36 bits per heavy atom. The minimum atomic E-state index is -0.294. The Morgan fingerprint density at radius 1 is 1.14 bits per heavy atom. The number of carbonyl (C=O) groups excluding carboxylic acids is 2. The molecule has 1 amide bonds. The Labute approximate surface area is 174 Å². The maximum Gasteiger partial charge on any atom is 0.307 e. The van der Waals surface area contributed by atoms with Crippen LogP contribution >= 0.6 is 15.9 Å². The number of hydrogen-bond acceptors (Lipinski definition) is 4. The summed E-state index contributed by atoms with van der Waals surface area (Å²) < 4.78 is 11.4. The Hall–Kier alpha value is -1.56. The molecule has 5 nitrogen and oxygen atoms in total. The largest absolute Gasteiger partial charge is 0.496 e. The quantitative estimate of drug-likeness (QED) is 0.632. The van der Waals surface area contributed by atoms with Crippen molar-refractivity contribution in [2.45, 2.75) is 51.6 Å². The molecule has 0 saturated heterocycles. The number of methoxy groups -OCH3 is 1. The third kappa shape index (κ3) is 4.07. The average Bonchev–Trinajstić information content (AvgIpc) is 2.65. The van der Waals surface area contributed by atoms with Gasteiger partial charge in [-0.05, 0) is 89.9 Å². The molecule has 4 bridgehead atoms. The van der Waals surface area contributed by atoms with E-state index in [9.17, 15) is 9.59 Å². The molecular formula is C22H28BrNO4. The van der Waals surface area contributed by atoms with Crippen LogP contribution in [0.15, 0.2) is 22.7 Å². The molecule has 6 heteroatoms. The van der Waals surface area contributed by atoms with Gasteiger partial charge in [-0.1, -0.05) is 6.07 Å². The monoisotopic (exact) mass is 449 g/mol. The zero-order valence-corrected chi connectivity index (χ0v) is 17.9. The summed E-state index contributed by atoms with van der Waals surface area (Å²) in [6, 6.07) is 5.57. The maximum atomic E-state index is 12.9. The van der Waals surface area contributed by atoms with Crippen LogP contribution in [-0.4, -0.2) is 25.5 Å². The van der Waals surface area contributed by atoms with E-state index >= 15 is 0 Å². The van der Waals surface area contributed by atoms with E-state index in [2.05, 4.69) is 21.2 Å². The summed E-state index contributed by atoms with van der Waals surface area (Å²) in [6.07, 6.45) is 7.29. The van der Waals surface area contributed by atoms with Gasteiger partial charge in [0, 0.05) is 12.0 Å². The molecule has 4 aliphatic carbocycles. The molecular weight excluding hydrogens is 422 g/mol. The molecule has 4 fully saturated rings. The molecule has 4 saturated carbocycles. The van der Waals surface area contributed by atoms with Gasteiger partial charge >= 0.3 is 5.97 Å². The van der Waals surface area contributed by atoms with E-state index in [0.29, 0.717) is 6.54 Å². The van der Waals surface area contributed by atoms with Crippen molar-refractivity contribution in [3.63, 3.8) is 0 Å². The SMILES string of the molecule is COc1ccc(COC(=O)CCNC(=O)C23CC4CC(CC(C4)C2)C3)cc1Br. The molecule has 0 atom stereocenters. The average molecular weight is 450 g/mol. The number of benzene rings is 1. The first-order valence-electron chi connectivity index (χ1n) is 10.2. The number of ether oxygens (including phenoxy) is 2.